The van der Waals surface area contributed by atoms with Crippen molar-refractivity contribution in [3.63, 3.8) is 0 Å². The van der Waals surface area contributed by atoms with Gasteiger partial charge in [0.1, 0.15) is 5.75 Å². The Hall–Kier alpha value is -1.23. The number of nitrogens with zero attached hydrogens (tertiary/aromatic N) is 1. The third-order valence-corrected chi connectivity index (χ3v) is 2.96. The molecule has 0 bridgehead atoms. The summed E-state index contributed by atoms with van der Waals surface area (Å²) in [5.74, 6) is 0.599. The van der Waals surface area contributed by atoms with E-state index in [0.29, 0.717) is 10.6 Å². The second-order valence-electron chi connectivity index (χ2n) is 3.41. The van der Waals surface area contributed by atoms with Crippen LogP contribution in [0.2, 0.25) is 0 Å². The van der Waals surface area contributed by atoms with Crippen LogP contribution in [0.3, 0.4) is 0 Å². The zero-order chi connectivity index (χ0) is 10.8. The van der Waals surface area contributed by atoms with Gasteiger partial charge in [-0.1, -0.05) is 0 Å². The lowest BCUT2D eigenvalue weighted by atomic mass is 10.3. The molecule has 0 N–H and O–H groups in total. The highest BCUT2D eigenvalue weighted by atomic mass is 32.2. The maximum atomic E-state index is 10.8. The highest BCUT2D eigenvalue weighted by Gasteiger charge is 2.24. The molecule has 2 rings (SSSR count). The molecule has 1 aromatic carbocycles. The molecule has 0 spiro atoms. The Bertz CT molecular complexity index is 390. The molecule has 0 aliphatic heterocycles. The van der Waals surface area contributed by atoms with Gasteiger partial charge in [0.2, 0.25) is 0 Å². The fraction of sp³-hybridized carbons (Fsp3) is 0.400. The number of nitro groups is 1. The van der Waals surface area contributed by atoms with Crippen molar-refractivity contribution in [2.75, 3.05) is 6.26 Å². The Labute approximate surface area is 91.8 Å². The summed E-state index contributed by atoms with van der Waals surface area (Å²) in [6.07, 6.45) is 4.20. The van der Waals surface area contributed by atoms with E-state index < -0.39 is 0 Å². The van der Waals surface area contributed by atoms with Gasteiger partial charge in [0.05, 0.1) is 22.0 Å². The van der Waals surface area contributed by atoms with E-state index in [2.05, 4.69) is 0 Å². The molecule has 5 heteroatoms. The van der Waals surface area contributed by atoms with Crippen molar-refractivity contribution in [3.8, 4) is 5.75 Å². The summed E-state index contributed by atoms with van der Waals surface area (Å²) in [4.78, 5) is 11.1. The number of benzene rings is 1. The smallest absolute Gasteiger partial charge is 0.286 e. The van der Waals surface area contributed by atoms with Crippen molar-refractivity contribution < 1.29 is 9.66 Å². The predicted molar refractivity (Wildman–Crippen MR) is 58.5 cm³/mol. The number of hydrogen-bond donors (Lipinski definition) is 0. The highest BCUT2D eigenvalue weighted by molar-refractivity contribution is 7.98. The van der Waals surface area contributed by atoms with Crippen LogP contribution < -0.4 is 4.74 Å². The molecular formula is C10H11NO3S. The van der Waals surface area contributed by atoms with Gasteiger partial charge in [-0.05, 0) is 31.2 Å². The number of ether oxygens (including phenoxy) is 1. The average molecular weight is 225 g/mol. The van der Waals surface area contributed by atoms with Gasteiger partial charge in [-0.2, -0.15) is 0 Å². The summed E-state index contributed by atoms with van der Waals surface area (Å²) in [5.41, 5.74) is 0.126. The van der Waals surface area contributed by atoms with Gasteiger partial charge in [0.15, 0.2) is 0 Å². The normalized spacial score (nSPS) is 15.0. The van der Waals surface area contributed by atoms with E-state index in [4.69, 9.17) is 4.74 Å². The minimum absolute atomic E-state index is 0.126. The fourth-order valence-electron chi connectivity index (χ4n) is 1.26. The molecule has 0 amide bonds. The van der Waals surface area contributed by atoms with Crippen LogP contribution in [0.25, 0.3) is 0 Å². The Balaban J connectivity index is 2.26. The van der Waals surface area contributed by atoms with Crippen molar-refractivity contribution in [2.24, 2.45) is 0 Å². The molecule has 0 saturated heterocycles. The minimum atomic E-state index is -0.369. The first-order valence-corrected chi connectivity index (χ1v) is 5.92. The molecule has 1 fully saturated rings. The van der Waals surface area contributed by atoms with Crippen molar-refractivity contribution in [3.05, 3.63) is 28.3 Å². The maximum absolute atomic E-state index is 10.8. The van der Waals surface area contributed by atoms with Gasteiger partial charge in [-0.15, -0.1) is 11.8 Å². The molecular weight excluding hydrogens is 214 g/mol. The zero-order valence-corrected chi connectivity index (χ0v) is 9.12. The molecule has 0 heterocycles. The van der Waals surface area contributed by atoms with Crippen LogP contribution in [0.5, 0.6) is 5.75 Å². The van der Waals surface area contributed by atoms with Crippen LogP contribution in [-0.4, -0.2) is 17.3 Å². The van der Waals surface area contributed by atoms with Crippen LogP contribution in [0.1, 0.15) is 12.8 Å². The number of hydrogen-bond acceptors (Lipinski definition) is 4. The first kappa shape index (κ1) is 10.3. The van der Waals surface area contributed by atoms with Crippen molar-refractivity contribution >= 4 is 17.4 Å². The van der Waals surface area contributed by atoms with E-state index in [1.54, 1.807) is 12.1 Å². The maximum Gasteiger partial charge on any atom is 0.286 e. The van der Waals surface area contributed by atoms with Crippen LogP contribution in [-0.2, 0) is 0 Å². The van der Waals surface area contributed by atoms with Gasteiger partial charge in [-0.3, -0.25) is 10.1 Å². The number of thioether (sulfide) groups is 1. The number of nitro benzene ring substituents is 1. The highest BCUT2D eigenvalue weighted by Crippen LogP contribution is 2.33. The van der Waals surface area contributed by atoms with E-state index in [1.807, 2.05) is 6.26 Å². The summed E-state index contributed by atoms with van der Waals surface area (Å²) in [5, 5.41) is 10.8. The molecule has 1 aromatic rings. The van der Waals surface area contributed by atoms with Gasteiger partial charge in [-0.25, -0.2) is 0 Å². The summed E-state index contributed by atoms with van der Waals surface area (Å²) in [7, 11) is 0. The average Bonchev–Trinajstić information content (AvgIpc) is 3.01. The third kappa shape index (κ3) is 2.41. The van der Waals surface area contributed by atoms with E-state index in [1.165, 1.54) is 17.8 Å². The Morgan fingerprint density at radius 2 is 2.27 bits per heavy atom. The first-order chi connectivity index (χ1) is 7.20. The van der Waals surface area contributed by atoms with Crippen LogP contribution in [0, 0.1) is 10.1 Å². The molecule has 0 unspecified atom stereocenters. The Morgan fingerprint density at radius 3 is 2.80 bits per heavy atom. The quantitative estimate of drug-likeness (QED) is 0.449. The van der Waals surface area contributed by atoms with Crippen LogP contribution >= 0.6 is 11.8 Å². The molecule has 4 nitrogen and oxygen atoms in total. The Morgan fingerprint density at radius 1 is 1.53 bits per heavy atom. The number of rotatable bonds is 4. The van der Waals surface area contributed by atoms with Crippen molar-refractivity contribution in [1.29, 1.82) is 0 Å². The van der Waals surface area contributed by atoms with E-state index in [0.717, 1.165) is 12.8 Å². The molecule has 0 aromatic heterocycles. The van der Waals surface area contributed by atoms with E-state index in [-0.39, 0.29) is 16.7 Å². The predicted octanol–water partition coefficient (Wildman–Crippen LogP) is 2.86. The van der Waals surface area contributed by atoms with Gasteiger partial charge in [0, 0.05) is 0 Å². The zero-order valence-electron chi connectivity index (χ0n) is 8.30. The summed E-state index contributed by atoms with van der Waals surface area (Å²) in [6, 6.07) is 5.03. The van der Waals surface area contributed by atoms with Crippen LogP contribution in [0.15, 0.2) is 23.1 Å². The fourth-order valence-corrected chi connectivity index (χ4v) is 1.81. The summed E-state index contributed by atoms with van der Waals surface area (Å²) >= 11 is 1.37. The van der Waals surface area contributed by atoms with Gasteiger partial charge < -0.3 is 4.74 Å². The lowest BCUT2D eigenvalue weighted by Crippen LogP contribution is -1.97. The topological polar surface area (TPSA) is 52.4 Å². The molecule has 0 radical (unpaired) electrons. The van der Waals surface area contributed by atoms with E-state index in [9.17, 15) is 10.1 Å². The lowest BCUT2D eigenvalue weighted by Gasteiger charge is -2.05. The standard InChI is InChI=1S/C10H11NO3S/c1-15-10-5-4-8(14-7-2-3-7)6-9(10)11(12)13/h4-7H,2-3H2,1H3. The molecule has 0 atom stereocenters. The summed E-state index contributed by atoms with van der Waals surface area (Å²) in [6.45, 7) is 0. The minimum Gasteiger partial charge on any atom is -0.490 e. The lowest BCUT2D eigenvalue weighted by molar-refractivity contribution is -0.387. The SMILES string of the molecule is CSc1ccc(OC2CC2)cc1[N+](=O)[O-]. The molecule has 1 aliphatic carbocycles. The van der Waals surface area contributed by atoms with Crippen LogP contribution in [0.4, 0.5) is 5.69 Å². The van der Waals surface area contributed by atoms with Gasteiger partial charge >= 0.3 is 0 Å². The van der Waals surface area contributed by atoms with Crippen molar-refractivity contribution in [1.82, 2.24) is 0 Å². The second kappa shape index (κ2) is 4.10. The summed E-state index contributed by atoms with van der Waals surface area (Å²) < 4.78 is 5.50. The second-order valence-corrected chi connectivity index (χ2v) is 4.26. The largest absolute Gasteiger partial charge is 0.490 e. The van der Waals surface area contributed by atoms with E-state index >= 15 is 0 Å². The van der Waals surface area contributed by atoms with Crippen molar-refractivity contribution in [2.45, 2.75) is 23.8 Å². The molecule has 15 heavy (non-hydrogen) atoms. The van der Waals surface area contributed by atoms with Gasteiger partial charge in [0.25, 0.3) is 5.69 Å². The third-order valence-electron chi connectivity index (χ3n) is 2.17. The molecule has 1 aliphatic rings. The Kier molecular flexibility index (Phi) is 2.81. The molecule has 80 valence electrons. The first-order valence-electron chi connectivity index (χ1n) is 4.70. The monoisotopic (exact) mass is 225 g/mol. The molecule has 1 saturated carbocycles.